The fraction of sp³-hybridized carbons (Fsp3) is 0.105. The number of esters is 1. The maximum atomic E-state index is 11.7. The van der Waals surface area contributed by atoms with E-state index < -0.39 is 18.0 Å². The largest absolute Gasteiger partial charge is 0.443 e. The number of nitrogens with zero attached hydrogens (tertiary/aromatic N) is 1. The average Bonchev–Trinajstić information content (AvgIpc) is 3.10. The first-order valence-corrected chi connectivity index (χ1v) is 8.50. The van der Waals surface area contributed by atoms with E-state index in [2.05, 4.69) is 4.98 Å². The molecular weight excluding hydrogens is 336 g/mol. The standard InChI is InChI=1S/C19H16N2O3S/c1-12-6-5-9-14(10-12)15-11-25-18(21-15)16(24-19(23)17(20)22)13-7-3-2-4-8-13/h2-11,16H,1H3,(H2,20,22). The maximum Gasteiger partial charge on any atom is 0.397 e. The van der Waals surface area contributed by atoms with Gasteiger partial charge < -0.3 is 10.5 Å². The first kappa shape index (κ1) is 16.9. The van der Waals surface area contributed by atoms with Gasteiger partial charge >= 0.3 is 11.9 Å². The minimum absolute atomic E-state index is 0.581. The first-order chi connectivity index (χ1) is 12.0. The molecule has 0 aliphatic carbocycles. The van der Waals surface area contributed by atoms with Crippen LogP contribution in [0.15, 0.2) is 60.0 Å². The quantitative estimate of drug-likeness (QED) is 0.577. The van der Waals surface area contributed by atoms with Crippen LogP contribution in [0.1, 0.15) is 22.2 Å². The number of aromatic nitrogens is 1. The molecule has 126 valence electrons. The highest BCUT2D eigenvalue weighted by Crippen LogP contribution is 2.32. The summed E-state index contributed by atoms with van der Waals surface area (Å²) < 4.78 is 5.29. The third-order valence-corrected chi connectivity index (χ3v) is 4.48. The SMILES string of the molecule is Cc1cccc(-c2csc(C(OC(=O)C(N)=O)c3ccccc3)n2)c1. The molecule has 2 aromatic carbocycles. The monoisotopic (exact) mass is 352 g/mol. The molecule has 0 saturated heterocycles. The van der Waals surface area contributed by atoms with E-state index in [0.717, 1.165) is 22.4 Å². The Labute approximate surface area is 149 Å². The Balaban J connectivity index is 1.96. The molecule has 1 heterocycles. The highest BCUT2D eigenvalue weighted by atomic mass is 32.1. The normalized spacial score (nSPS) is 11.7. The van der Waals surface area contributed by atoms with Crippen LogP contribution < -0.4 is 5.73 Å². The van der Waals surface area contributed by atoms with Crippen LogP contribution in [0, 0.1) is 6.92 Å². The molecule has 0 spiro atoms. The highest BCUT2D eigenvalue weighted by molar-refractivity contribution is 7.10. The van der Waals surface area contributed by atoms with Gasteiger partial charge in [0.2, 0.25) is 0 Å². The summed E-state index contributed by atoms with van der Waals surface area (Å²) in [6, 6.07) is 17.1. The second kappa shape index (κ2) is 7.27. The van der Waals surface area contributed by atoms with Gasteiger partial charge in [-0.1, -0.05) is 54.1 Å². The van der Waals surface area contributed by atoms with E-state index in [4.69, 9.17) is 10.5 Å². The third kappa shape index (κ3) is 3.92. The van der Waals surface area contributed by atoms with Gasteiger partial charge in [0.1, 0.15) is 5.01 Å². The molecule has 1 unspecified atom stereocenters. The zero-order valence-corrected chi connectivity index (χ0v) is 14.3. The van der Waals surface area contributed by atoms with Crippen LogP contribution in [0.2, 0.25) is 0 Å². The molecule has 6 heteroatoms. The predicted octanol–water partition coefficient (Wildman–Crippen LogP) is 3.24. The molecule has 25 heavy (non-hydrogen) atoms. The van der Waals surface area contributed by atoms with Gasteiger partial charge in [-0.2, -0.15) is 0 Å². The average molecular weight is 352 g/mol. The lowest BCUT2D eigenvalue weighted by atomic mass is 10.1. The Kier molecular flexibility index (Phi) is 4.90. The number of rotatable bonds is 4. The summed E-state index contributed by atoms with van der Waals surface area (Å²) in [5.74, 6) is -2.21. The highest BCUT2D eigenvalue weighted by Gasteiger charge is 2.25. The van der Waals surface area contributed by atoms with Gasteiger partial charge in [-0.05, 0) is 18.6 Å². The van der Waals surface area contributed by atoms with Crippen molar-refractivity contribution < 1.29 is 14.3 Å². The summed E-state index contributed by atoms with van der Waals surface area (Å²) in [7, 11) is 0. The fourth-order valence-corrected chi connectivity index (χ4v) is 3.28. The van der Waals surface area contributed by atoms with Crippen LogP contribution in [0.4, 0.5) is 0 Å². The molecule has 2 N–H and O–H groups in total. The number of nitrogens with two attached hydrogens (primary N) is 1. The van der Waals surface area contributed by atoms with Gasteiger partial charge in [0.15, 0.2) is 6.10 Å². The van der Waals surface area contributed by atoms with Gasteiger partial charge in [-0.15, -0.1) is 11.3 Å². The number of amides is 1. The summed E-state index contributed by atoms with van der Waals surface area (Å²) in [6.45, 7) is 2.01. The summed E-state index contributed by atoms with van der Waals surface area (Å²) in [5, 5.41) is 2.48. The van der Waals surface area contributed by atoms with Crippen molar-refractivity contribution in [3.63, 3.8) is 0 Å². The molecule has 0 fully saturated rings. The zero-order valence-electron chi connectivity index (χ0n) is 13.5. The molecule has 1 atom stereocenters. The van der Waals surface area contributed by atoms with Crippen LogP contribution in [0.5, 0.6) is 0 Å². The van der Waals surface area contributed by atoms with Gasteiger partial charge in [-0.25, -0.2) is 9.78 Å². The number of ether oxygens (including phenoxy) is 1. The van der Waals surface area contributed by atoms with Crippen molar-refractivity contribution in [2.45, 2.75) is 13.0 Å². The number of carbonyl (C=O) groups excluding carboxylic acids is 2. The van der Waals surface area contributed by atoms with E-state index in [0.29, 0.717) is 5.01 Å². The lowest BCUT2D eigenvalue weighted by Crippen LogP contribution is -2.27. The second-order valence-electron chi connectivity index (χ2n) is 5.50. The molecule has 1 amide bonds. The van der Waals surface area contributed by atoms with Crippen molar-refractivity contribution in [3.05, 3.63) is 76.1 Å². The van der Waals surface area contributed by atoms with Gasteiger partial charge in [0.25, 0.3) is 0 Å². The van der Waals surface area contributed by atoms with Crippen LogP contribution in [-0.2, 0) is 14.3 Å². The molecule has 1 aromatic heterocycles. The van der Waals surface area contributed by atoms with Crippen molar-refractivity contribution >= 4 is 23.2 Å². The van der Waals surface area contributed by atoms with Crippen molar-refractivity contribution in [1.29, 1.82) is 0 Å². The maximum absolute atomic E-state index is 11.7. The molecule has 0 bridgehead atoms. The van der Waals surface area contributed by atoms with Crippen LogP contribution >= 0.6 is 11.3 Å². The van der Waals surface area contributed by atoms with Crippen molar-refractivity contribution in [2.24, 2.45) is 5.73 Å². The lowest BCUT2D eigenvalue weighted by Gasteiger charge is -2.15. The van der Waals surface area contributed by atoms with Gasteiger partial charge in [0, 0.05) is 10.9 Å². The first-order valence-electron chi connectivity index (χ1n) is 7.62. The predicted molar refractivity (Wildman–Crippen MR) is 95.9 cm³/mol. The Morgan fingerprint density at radius 2 is 1.88 bits per heavy atom. The molecule has 3 aromatic rings. The van der Waals surface area contributed by atoms with Gasteiger partial charge in [-0.3, -0.25) is 4.79 Å². The minimum atomic E-state index is -1.13. The molecule has 3 rings (SSSR count). The van der Waals surface area contributed by atoms with Crippen molar-refractivity contribution in [1.82, 2.24) is 4.98 Å². The summed E-state index contributed by atoms with van der Waals surface area (Å²) in [6.07, 6.45) is -0.773. The Morgan fingerprint density at radius 3 is 2.56 bits per heavy atom. The van der Waals surface area contributed by atoms with E-state index in [1.54, 1.807) is 0 Å². The summed E-state index contributed by atoms with van der Waals surface area (Å²) in [4.78, 5) is 27.4. The molecule has 0 aliphatic heterocycles. The Morgan fingerprint density at radius 1 is 1.12 bits per heavy atom. The molecular formula is C19H16N2O3S. The number of hydrogen-bond acceptors (Lipinski definition) is 5. The number of thiazole rings is 1. The number of benzene rings is 2. The van der Waals surface area contributed by atoms with Gasteiger partial charge in [0.05, 0.1) is 5.69 Å². The summed E-state index contributed by atoms with van der Waals surface area (Å²) in [5.41, 5.74) is 8.65. The van der Waals surface area contributed by atoms with Crippen LogP contribution in [0.25, 0.3) is 11.3 Å². The van der Waals surface area contributed by atoms with E-state index in [-0.39, 0.29) is 0 Å². The van der Waals surface area contributed by atoms with Crippen molar-refractivity contribution in [3.8, 4) is 11.3 Å². The molecule has 0 radical (unpaired) electrons. The summed E-state index contributed by atoms with van der Waals surface area (Å²) >= 11 is 1.37. The Bertz CT molecular complexity index is 906. The number of carbonyl (C=O) groups is 2. The zero-order chi connectivity index (χ0) is 17.8. The van der Waals surface area contributed by atoms with E-state index in [1.807, 2.05) is 66.9 Å². The smallest absolute Gasteiger partial charge is 0.397 e. The topological polar surface area (TPSA) is 82.3 Å². The third-order valence-electron chi connectivity index (χ3n) is 3.59. The van der Waals surface area contributed by atoms with E-state index in [1.165, 1.54) is 11.3 Å². The number of primary amides is 1. The number of aryl methyl sites for hydroxylation is 1. The van der Waals surface area contributed by atoms with Crippen LogP contribution in [0.3, 0.4) is 0 Å². The minimum Gasteiger partial charge on any atom is -0.443 e. The molecule has 5 nitrogen and oxygen atoms in total. The lowest BCUT2D eigenvalue weighted by molar-refractivity contribution is -0.156. The molecule has 0 aliphatic rings. The van der Waals surface area contributed by atoms with Crippen LogP contribution in [-0.4, -0.2) is 16.9 Å². The fourth-order valence-electron chi connectivity index (χ4n) is 2.40. The second-order valence-corrected chi connectivity index (χ2v) is 6.39. The van der Waals surface area contributed by atoms with Crippen molar-refractivity contribution in [2.75, 3.05) is 0 Å². The number of hydrogen-bond donors (Lipinski definition) is 1. The molecule has 0 saturated carbocycles. The van der Waals surface area contributed by atoms with E-state index >= 15 is 0 Å². The Hall–Kier alpha value is -2.99. The van der Waals surface area contributed by atoms with E-state index in [9.17, 15) is 9.59 Å².